The first kappa shape index (κ1) is 11.1. The Labute approximate surface area is 100 Å². The number of benzene rings is 2. The molecule has 1 nitrogen and oxygen atoms in total. The predicted molar refractivity (Wildman–Crippen MR) is 70.2 cm³/mol. The number of hydrogen-bond acceptors (Lipinski definition) is 2. The average molecular weight is 230 g/mol. The standard InChI is InChI=1S/C14H14OS/c1-16-11-12-7-9-14(10-8-12)15-13-5-3-2-4-6-13/h2-10H,11H2,1H3. The summed E-state index contributed by atoms with van der Waals surface area (Å²) in [6.07, 6.45) is 2.11. The van der Waals surface area contributed by atoms with E-state index in [0.717, 1.165) is 17.3 Å². The molecule has 2 aromatic carbocycles. The summed E-state index contributed by atoms with van der Waals surface area (Å²) in [5.41, 5.74) is 1.33. The van der Waals surface area contributed by atoms with Crippen molar-refractivity contribution in [3.63, 3.8) is 0 Å². The van der Waals surface area contributed by atoms with Gasteiger partial charge in [0.15, 0.2) is 0 Å². The van der Waals surface area contributed by atoms with Crippen molar-refractivity contribution in [2.24, 2.45) is 0 Å². The zero-order valence-corrected chi connectivity index (χ0v) is 10.0. The second-order valence-corrected chi connectivity index (χ2v) is 4.36. The molecule has 2 aromatic rings. The van der Waals surface area contributed by atoms with Crippen molar-refractivity contribution in [3.05, 3.63) is 60.2 Å². The van der Waals surface area contributed by atoms with Crippen LogP contribution in [0.1, 0.15) is 5.56 Å². The Morgan fingerprint density at radius 1 is 0.875 bits per heavy atom. The molecule has 2 rings (SSSR count). The van der Waals surface area contributed by atoms with Gasteiger partial charge in [-0.2, -0.15) is 11.8 Å². The summed E-state index contributed by atoms with van der Waals surface area (Å²) in [6, 6.07) is 18.1. The van der Waals surface area contributed by atoms with E-state index in [1.165, 1.54) is 5.56 Å². The van der Waals surface area contributed by atoms with Gasteiger partial charge in [0.2, 0.25) is 0 Å². The van der Waals surface area contributed by atoms with E-state index in [2.05, 4.69) is 18.4 Å². The summed E-state index contributed by atoms with van der Waals surface area (Å²) in [5.74, 6) is 2.81. The summed E-state index contributed by atoms with van der Waals surface area (Å²) < 4.78 is 5.70. The molecule has 0 atom stereocenters. The minimum absolute atomic E-state index is 0.875. The molecule has 82 valence electrons. The van der Waals surface area contributed by atoms with Crippen molar-refractivity contribution in [2.45, 2.75) is 5.75 Å². The van der Waals surface area contributed by atoms with E-state index in [1.54, 1.807) is 0 Å². The molecule has 2 heteroatoms. The Morgan fingerprint density at radius 2 is 1.50 bits per heavy atom. The van der Waals surface area contributed by atoms with Crippen LogP contribution in [0.5, 0.6) is 11.5 Å². The van der Waals surface area contributed by atoms with Gasteiger partial charge in [-0.1, -0.05) is 30.3 Å². The molecule has 0 radical (unpaired) electrons. The Morgan fingerprint density at radius 3 is 2.12 bits per heavy atom. The molecule has 0 N–H and O–H groups in total. The largest absolute Gasteiger partial charge is 0.457 e. The third kappa shape index (κ3) is 3.04. The van der Waals surface area contributed by atoms with Crippen LogP contribution in [0.25, 0.3) is 0 Å². The minimum Gasteiger partial charge on any atom is -0.457 e. The zero-order valence-electron chi connectivity index (χ0n) is 9.22. The van der Waals surface area contributed by atoms with Crippen LogP contribution in [0.2, 0.25) is 0 Å². The van der Waals surface area contributed by atoms with E-state index in [0.29, 0.717) is 0 Å². The maximum absolute atomic E-state index is 5.70. The molecule has 0 aromatic heterocycles. The van der Waals surface area contributed by atoms with Crippen LogP contribution in [0.15, 0.2) is 54.6 Å². The van der Waals surface area contributed by atoms with Crippen molar-refractivity contribution in [2.75, 3.05) is 6.26 Å². The van der Waals surface area contributed by atoms with Crippen LogP contribution in [0, 0.1) is 0 Å². The first-order chi connectivity index (χ1) is 7.88. The highest BCUT2D eigenvalue weighted by Crippen LogP contribution is 2.21. The van der Waals surface area contributed by atoms with Crippen LogP contribution in [-0.4, -0.2) is 6.26 Å². The van der Waals surface area contributed by atoms with Gasteiger partial charge >= 0.3 is 0 Å². The summed E-state index contributed by atoms with van der Waals surface area (Å²) in [4.78, 5) is 0. The van der Waals surface area contributed by atoms with Crippen molar-refractivity contribution in [1.29, 1.82) is 0 Å². The quantitative estimate of drug-likeness (QED) is 0.772. The smallest absolute Gasteiger partial charge is 0.127 e. The molecule has 0 spiro atoms. The van der Waals surface area contributed by atoms with E-state index >= 15 is 0 Å². The molecule has 0 heterocycles. The molecule has 0 saturated carbocycles. The maximum atomic E-state index is 5.70. The van der Waals surface area contributed by atoms with E-state index in [1.807, 2.05) is 54.2 Å². The van der Waals surface area contributed by atoms with Crippen LogP contribution in [0.4, 0.5) is 0 Å². The van der Waals surface area contributed by atoms with Gasteiger partial charge in [0.1, 0.15) is 11.5 Å². The summed E-state index contributed by atoms with van der Waals surface area (Å²) in [5, 5.41) is 0. The van der Waals surface area contributed by atoms with Crippen molar-refractivity contribution in [1.82, 2.24) is 0 Å². The molecule has 16 heavy (non-hydrogen) atoms. The van der Waals surface area contributed by atoms with Crippen molar-refractivity contribution >= 4 is 11.8 Å². The Balaban J connectivity index is 2.05. The van der Waals surface area contributed by atoms with Gasteiger partial charge in [0, 0.05) is 5.75 Å². The first-order valence-corrected chi connectivity index (χ1v) is 6.58. The number of hydrogen-bond donors (Lipinski definition) is 0. The van der Waals surface area contributed by atoms with Crippen molar-refractivity contribution in [3.8, 4) is 11.5 Å². The fourth-order valence-electron chi connectivity index (χ4n) is 1.45. The summed E-state index contributed by atoms with van der Waals surface area (Å²) in [6.45, 7) is 0. The lowest BCUT2D eigenvalue weighted by Gasteiger charge is -2.06. The zero-order chi connectivity index (χ0) is 11.2. The van der Waals surface area contributed by atoms with Gasteiger partial charge in [-0.25, -0.2) is 0 Å². The van der Waals surface area contributed by atoms with Crippen molar-refractivity contribution < 1.29 is 4.74 Å². The van der Waals surface area contributed by atoms with Crippen LogP contribution in [-0.2, 0) is 5.75 Å². The molecular formula is C14H14OS. The molecule has 0 aliphatic carbocycles. The third-order valence-corrected chi connectivity index (χ3v) is 2.84. The fraction of sp³-hybridized carbons (Fsp3) is 0.143. The first-order valence-electron chi connectivity index (χ1n) is 5.19. The molecule has 0 amide bonds. The highest BCUT2D eigenvalue weighted by molar-refractivity contribution is 7.97. The Hall–Kier alpha value is -1.41. The van der Waals surface area contributed by atoms with Gasteiger partial charge < -0.3 is 4.74 Å². The highest BCUT2D eigenvalue weighted by atomic mass is 32.2. The lowest BCUT2D eigenvalue weighted by atomic mass is 10.2. The lowest BCUT2D eigenvalue weighted by Crippen LogP contribution is -1.84. The second kappa shape index (κ2) is 5.61. The molecule has 0 fully saturated rings. The predicted octanol–water partition coefficient (Wildman–Crippen LogP) is 4.34. The van der Waals surface area contributed by atoms with Crippen LogP contribution < -0.4 is 4.74 Å². The molecule has 0 aliphatic rings. The number of ether oxygens (including phenoxy) is 1. The molecule has 0 saturated heterocycles. The van der Waals surface area contributed by atoms with Crippen LogP contribution >= 0.6 is 11.8 Å². The van der Waals surface area contributed by atoms with Gasteiger partial charge in [0.05, 0.1) is 0 Å². The van der Waals surface area contributed by atoms with Gasteiger partial charge in [0.25, 0.3) is 0 Å². The summed E-state index contributed by atoms with van der Waals surface area (Å²) >= 11 is 1.82. The van der Waals surface area contributed by atoms with E-state index < -0.39 is 0 Å². The number of rotatable bonds is 4. The monoisotopic (exact) mass is 230 g/mol. The van der Waals surface area contributed by atoms with E-state index in [-0.39, 0.29) is 0 Å². The molecule has 0 aliphatic heterocycles. The van der Waals surface area contributed by atoms with Crippen LogP contribution in [0.3, 0.4) is 0 Å². The number of thioether (sulfide) groups is 1. The number of para-hydroxylation sites is 1. The second-order valence-electron chi connectivity index (χ2n) is 3.49. The average Bonchev–Trinajstić information content (AvgIpc) is 2.33. The van der Waals surface area contributed by atoms with Gasteiger partial charge in [-0.15, -0.1) is 0 Å². The highest BCUT2D eigenvalue weighted by Gasteiger charge is 1.96. The molecule has 0 unspecified atom stereocenters. The Kier molecular flexibility index (Phi) is 3.89. The molecule has 0 bridgehead atoms. The van der Waals surface area contributed by atoms with Gasteiger partial charge in [-0.3, -0.25) is 0 Å². The fourth-order valence-corrected chi connectivity index (χ4v) is 1.97. The van der Waals surface area contributed by atoms with E-state index in [4.69, 9.17) is 4.74 Å². The SMILES string of the molecule is CSCc1ccc(Oc2ccccc2)cc1. The maximum Gasteiger partial charge on any atom is 0.127 e. The Bertz CT molecular complexity index is 422. The lowest BCUT2D eigenvalue weighted by molar-refractivity contribution is 0.482. The topological polar surface area (TPSA) is 9.23 Å². The summed E-state index contributed by atoms with van der Waals surface area (Å²) in [7, 11) is 0. The minimum atomic E-state index is 0.875. The molecular weight excluding hydrogens is 216 g/mol. The normalized spacial score (nSPS) is 10.1. The van der Waals surface area contributed by atoms with Gasteiger partial charge in [-0.05, 0) is 36.1 Å². The van der Waals surface area contributed by atoms with E-state index in [9.17, 15) is 0 Å². The third-order valence-electron chi connectivity index (χ3n) is 2.21.